The second-order valence-electron chi connectivity index (χ2n) is 6.31. The first-order valence-corrected chi connectivity index (χ1v) is 9.55. The molecule has 0 spiro atoms. The van der Waals surface area contributed by atoms with E-state index in [9.17, 15) is 13.2 Å². The zero-order chi connectivity index (χ0) is 20.4. The van der Waals surface area contributed by atoms with E-state index >= 15 is 0 Å². The van der Waals surface area contributed by atoms with Crippen LogP contribution in [-0.4, -0.2) is 17.1 Å². The molecule has 0 aliphatic carbocycles. The Kier molecular flexibility index (Phi) is 5.10. The van der Waals surface area contributed by atoms with Crippen LogP contribution >= 0.6 is 11.3 Å². The number of rotatable bonds is 5. The molecule has 4 aromatic rings. The van der Waals surface area contributed by atoms with Crippen LogP contribution in [0.5, 0.6) is 5.75 Å². The Labute approximate surface area is 169 Å². The zero-order valence-corrected chi connectivity index (χ0v) is 16.2. The fourth-order valence-corrected chi connectivity index (χ4v) is 3.88. The summed E-state index contributed by atoms with van der Waals surface area (Å²) >= 11 is 1.33. The van der Waals surface area contributed by atoms with E-state index in [1.54, 1.807) is 30.3 Å². The van der Waals surface area contributed by atoms with E-state index in [0.29, 0.717) is 28.6 Å². The van der Waals surface area contributed by atoms with Crippen molar-refractivity contribution in [3.8, 4) is 5.75 Å². The average molecular weight is 415 g/mol. The summed E-state index contributed by atoms with van der Waals surface area (Å²) in [6, 6.07) is 16.3. The molecule has 2 aromatic heterocycles. The number of fused-ring (bicyclic) bond motifs is 1. The van der Waals surface area contributed by atoms with Gasteiger partial charge < -0.3 is 9.64 Å². The number of nitrogens with zero attached hydrogens (tertiary/aromatic N) is 3. The van der Waals surface area contributed by atoms with E-state index in [2.05, 4.69) is 9.97 Å². The summed E-state index contributed by atoms with van der Waals surface area (Å²) in [5, 5.41) is 0.570. The van der Waals surface area contributed by atoms with Crippen LogP contribution < -0.4 is 9.64 Å². The fraction of sp³-hybridized carbons (Fsp3) is 0.143. The van der Waals surface area contributed by atoms with Crippen LogP contribution in [0.2, 0.25) is 0 Å². The number of aromatic nitrogens is 2. The monoisotopic (exact) mass is 415 g/mol. The molecule has 0 aliphatic rings. The van der Waals surface area contributed by atoms with E-state index in [4.69, 9.17) is 4.74 Å². The number of anilines is 2. The van der Waals surface area contributed by atoms with Crippen LogP contribution in [0.1, 0.15) is 11.1 Å². The van der Waals surface area contributed by atoms with Gasteiger partial charge in [-0.2, -0.15) is 13.2 Å². The number of ether oxygens (including phenoxy) is 1. The van der Waals surface area contributed by atoms with Crippen LogP contribution in [0.15, 0.2) is 66.9 Å². The highest BCUT2D eigenvalue weighted by molar-refractivity contribution is 7.21. The summed E-state index contributed by atoms with van der Waals surface area (Å²) in [5.41, 5.74) is 1.29. The van der Waals surface area contributed by atoms with Gasteiger partial charge in [0.15, 0.2) is 5.13 Å². The summed E-state index contributed by atoms with van der Waals surface area (Å²) in [7, 11) is 1.57. The van der Waals surface area contributed by atoms with Crippen LogP contribution in [0.3, 0.4) is 0 Å². The standard InChI is InChI=1S/C21H16F3N3OS/c1-28-17-8-2-5-14(11-17)13-27(16-7-3-6-15(12-16)21(22,23)24)20-26-18-9-4-10-25-19(18)29-20/h2-12H,13H2,1H3. The maximum absolute atomic E-state index is 13.3. The minimum Gasteiger partial charge on any atom is -0.497 e. The Bertz CT molecular complexity index is 1110. The molecule has 0 amide bonds. The maximum Gasteiger partial charge on any atom is 0.416 e. The van der Waals surface area contributed by atoms with Crippen molar-refractivity contribution >= 4 is 32.5 Å². The van der Waals surface area contributed by atoms with E-state index < -0.39 is 11.7 Å². The number of alkyl halides is 3. The van der Waals surface area contributed by atoms with Crippen molar-refractivity contribution in [3.05, 3.63) is 78.0 Å². The third-order valence-electron chi connectivity index (χ3n) is 4.35. The van der Waals surface area contributed by atoms with E-state index in [1.807, 2.05) is 30.3 Å². The van der Waals surface area contributed by atoms with Crippen molar-refractivity contribution in [2.24, 2.45) is 0 Å². The minimum absolute atomic E-state index is 0.332. The number of methoxy groups -OCH3 is 1. The van der Waals surface area contributed by atoms with Crippen molar-refractivity contribution in [2.75, 3.05) is 12.0 Å². The van der Waals surface area contributed by atoms with Crippen molar-refractivity contribution < 1.29 is 17.9 Å². The molecule has 148 valence electrons. The van der Waals surface area contributed by atoms with Gasteiger partial charge in [0.25, 0.3) is 0 Å². The lowest BCUT2D eigenvalue weighted by Gasteiger charge is -2.23. The highest BCUT2D eigenvalue weighted by atomic mass is 32.1. The molecule has 0 unspecified atom stereocenters. The summed E-state index contributed by atoms with van der Waals surface area (Å²) in [4.78, 5) is 11.4. The van der Waals surface area contributed by atoms with Crippen molar-refractivity contribution in [3.63, 3.8) is 0 Å². The molecule has 2 heterocycles. The van der Waals surface area contributed by atoms with Gasteiger partial charge in [-0.3, -0.25) is 0 Å². The average Bonchev–Trinajstić information content (AvgIpc) is 3.15. The third-order valence-corrected chi connectivity index (χ3v) is 5.35. The van der Waals surface area contributed by atoms with Gasteiger partial charge in [-0.1, -0.05) is 29.5 Å². The molecule has 0 fully saturated rings. The molecule has 0 saturated heterocycles. The van der Waals surface area contributed by atoms with Crippen LogP contribution in [0, 0.1) is 0 Å². The molecule has 0 atom stereocenters. The van der Waals surface area contributed by atoms with E-state index in [-0.39, 0.29) is 0 Å². The lowest BCUT2D eigenvalue weighted by atomic mass is 10.1. The molecule has 4 nitrogen and oxygen atoms in total. The van der Waals surface area contributed by atoms with E-state index in [0.717, 1.165) is 22.5 Å². The topological polar surface area (TPSA) is 38.2 Å². The van der Waals surface area contributed by atoms with Gasteiger partial charge in [0.2, 0.25) is 0 Å². The smallest absolute Gasteiger partial charge is 0.416 e. The van der Waals surface area contributed by atoms with Crippen LogP contribution in [0.4, 0.5) is 24.0 Å². The predicted molar refractivity (Wildman–Crippen MR) is 108 cm³/mol. The van der Waals surface area contributed by atoms with Gasteiger partial charge in [-0.25, -0.2) is 9.97 Å². The molecule has 0 aliphatic heterocycles. The van der Waals surface area contributed by atoms with Gasteiger partial charge >= 0.3 is 6.18 Å². The number of hydrogen-bond acceptors (Lipinski definition) is 5. The zero-order valence-electron chi connectivity index (χ0n) is 15.3. The lowest BCUT2D eigenvalue weighted by molar-refractivity contribution is -0.137. The van der Waals surface area contributed by atoms with E-state index in [1.165, 1.54) is 17.4 Å². The van der Waals surface area contributed by atoms with Gasteiger partial charge in [-0.15, -0.1) is 0 Å². The largest absolute Gasteiger partial charge is 0.497 e. The third kappa shape index (κ3) is 4.17. The second kappa shape index (κ2) is 7.71. The van der Waals surface area contributed by atoms with Gasteiger partial charge in [0, 0.05) is 11.9 Å². The summed E-state index contributed by atoms with van der Waals surface area (Å²) in [6.45, 7) is 0.332. The molecular weight excluding hydrogens is 399 g/mol. The Morgan fingerprint density at radius 1 is 1.03 bits per heavy atom. The predicted octanol–water partition coefficient (Wildman–Crippen LogP) is 6.06. The second-order valence-corrected chi connectivity index (χ2v) is 7.27. The summed E-state index contributed by atoms with van der Waals surface area (Å²) in [6.07, 6.45) is -2.76. The molecular formula is C21H16F3N3OS. The molecule has 4 rings (SSSR count). The van der Waals surface area contributed by atoms with Gasteiger partial charge in [0.1, 0.15) is 16.1 Å². The number of thiazole rings is 1. The summed E-state index contributed by atoms with van der Waals surface area (Å²) in [5.74, 6) is 0.678. The number of benzene rings is 2. The lowest BCUT2D eigenvalue weighted by Crippen LogP contribution is -2.17. The molecule has 29 heavy (non-hydrogen) atoms. The minimum atomic E-state index is -4.42. The molecule has 2 aromatic carbocycles. The highest BCUT2D eigenvalue weighted by Crippen LogP contribution is 2.37. The molecule has 0 N–H and O–H groups in total. The molecule has 0 saturated carbocycles. The van der Waals surface area contributed by atoms with Crippen molar-refractivity contribution in [1.82, 2.24) is 9.97 Å². The normalized spacial score (nSPS) is 11.6. The van der Waals surface area contributed by atoms with Crippen molar-refractivity contribution in [1.29, 1.82) is 0 Å². The molecule has 0 bridgehead atoms. The first-order chi connectivity index (χ1) is 13.9. The molecule has 8 heteroatoms. The van der Waals surface area contributed by atoms with Gasteiger partial charge in [-0.05, 0) is 48.0 Å². The number of halogens is 3. The van der Waals surface area contributed by atoms with Crippen molar-refractivity contribution in [2.45, 2.75) is 12.7 Å². The Morgan fingerprint density at radius 3 is 2.62 bits per heavy atom. The SMILES string of the molecule is COc1cccc(CN(c2cccc(C(F)(F)F)c2)c2nc3cccnc3s2)c1. The number of pyridine rings is 1. The quantitative estimate of drug-likeness (QED) is 0.397. The first kappa shape index (κ1) is 19.2. The number of hydrogen-bond donors (Lipinski definition) is 0. The molecule has 0 radical (unpaired) electrons. The first-order valence-electron chi connectivity index (χ1n) is 8.73. The highest BCUT2D eigenvalue weighted by Gasteiger charge is 2.31. The van der Waals surface area contributed by atoms with Gasteiger partial charge in [0.05, 0.1) is 19.2 Å². The van der Waals surface area contributed by atoms with Crippen LogP contribution in [0.25, 0.3) is 10.3 Å². The maximum atomic E-state index is 13.3. The Hall–Kier alpha value is -3.13. The van der Waals surface area contributed by atoms with Crippen LogP contribution in [-0.2, 0) is 12.7 Å². The fourth-order valence-electron chi connectivity index (χ4n) is 2.95. The Morgan fingerprint density at radius 2 is 1.86 bits per heavy atom. The summed E-state index contributed by atoms with van der Waals surface area (Å²) < 4.78 is 45.1. The Balaban J connectivity index is 1.80.